The molecule has 0 radical (unpaired) electrons. The van der Waals surface area contributed by atoms with Crippen LogP contribution >= 0.6 is 19.6 Å². The van der Waals surface area contributed by atoms with Gasteiger partial charge in [-0.3, -0.25) is 14.4 Å². The number of aliphatic hydroxyl groups is 1. The zero-order chi connectivity index (χ0) is 32.4. The monoisotopic (exact) mass is 642 g/mol. The maximum atomic E-state index is 12.1. The summed E-state index contributed by atoms with van der Waals surface area (Å²) in [7, 11) is -5.23. The Morgan fingerprint density at radius 1 is 0.860 bits per heavy atom. The average Bonchev–Trinajstić information content (AvgIpc) is 2.95. The largest absolute Gasteiger partial charge is 0.790 e. The van der Waals surface area contributed by atoms with Gasteiger partial charge in [0.05, 0.1) is 14.4 Å². The maximum absolute atomic E-state index is 12.1. The van der Waals surface area contributed by atoms with Gasteiger partial charge >= 0.3 is 0 Å². The van der Waals surface area contributed by atoms with E-state index in [1.165, 1.54) is 51.3 Å². The van der Waals surface area contributed by atoms with Crippen molar-refractivity contribution in [2.24, 2.45) is 5.41 Å². The SMILES string of the molecule is CCCCC/C=C\C/C=C\C/C=C\C/C=C\CCCC(=O)SCCNC(=O)CCNC(=O)[C@H](O)C(C)(C)COP(=O)([O-])[O-]. The molecule has 1 atom stereocenters. The second-order valence-electron chi connectivity index (χ2n) is 10.7. The lowest BCUT2D eigenvalue weighted by Crippen LogP contribution is -2.46. The van der Waals surface area contributed by atoms with Crippen molar-refractivity contribution in [3.63, 3.8) is 0 Å². The van der Waals surface area contributed by atoms with Crippen LogP contribution in [0.2, 0.25) is 0 Å². The third-order valence-corrected chi connectivity index (χ3v) is 7.51. The third-order valence-electron chi connectivity index (χ3n) is 6.13. The lowest BCUT2D eigenvalue weighted by Gasteiger charge is -2.35. The van der Waals surface area contributed by atoms with Crippen LogP contribution < -0.4 is 20.4 Å². The molecule has 2 amide bonds. The van der Waals surface area contributed by atoms with Crippen molar-refractivity contribution in [3.05, 3.63) is 48.6 Å². The van der Waals surface area contributed by atoms with Gasteiger partial charge in [-0.15, -0.1) is 0 Å². The molecule has 0 aromatic heterocycles. The summed E-state index contributed by atoms with van der Waals surface area (Å²) in [5, 5.41) is 15.2. The van der Waals surface area contributed by atoms with E-state index >= 15 is 0 Å². The van der Waals surface area contributed by atoms with E-state index in [-0.39, 0.29) is 24.0 Å². The number of nitrogens with one attached hydrogen (secondary N) is 2. The highest BCUT2D eigenvalue weighted by atomic mass is 32.2. The number of amides is 2. The first kappa shape index (κ1) is 41.0. The Kier molecular flexibility index (Phi) is 24.1. The number of allylic oxidation sites excluding steroid dienone is 8. The van der Waals surface area contributed by atoms with Crippen molar-refractivity contribution in [1.29, 1.82) is 0 Å². The molecule has 0 aromatic rings. The Morgan fingerprint density at radius 3 is 1.98 bits per heavy atom. The van der Waals surface area contributed by atoms with Gasteiger partial charge in [0.2, 0.25) is 11.8 Å². The van der Waals surface area contributed by atoms with E-state index in [0.717, 1.165) is 32.1 Å². The number of thioether (sulfide) groups is 1. The molecular weight excluding hydrogens is 591 g/mol. The molecule has 0 bridgehead atoms. The molecule has 43 heavy (non-hydrogen) atoms. The summed E-state index contributed by atoms with van der Waals surface area (Å²) < 4.78 is 14.8. The standard InChI is InChI=1S/C31H53N2O8PS/c1-4-5-6-7-8-9-10-11-12-13-14-15-16-17-18-19-20-21-28(35)43-25-24-32-27(34)22-23-33-30(37)29(36)31(2,3)26-41-42(38,39)40/h8-9,11-12,14-15,17-18,29,36H,4-7,10,13,16,19-26H2,1-3H3,(H,32,34)(H,33,37)(H2,38,39,40)/p-2/b9-8-,12-11-,15-14-,18-17-/t29-/m0/s1. The number of hydrogen-bond acceptors (Lipinski definition) is 9. The van der Waals surface area contributed by atoms with Crippen molar-refractivity contribution in [2.75, 3.05) is 25.4 Å². The number of carbonyl (C=O) groups excluding carboxylic acids is 3. The molecular formula is C31H51N2O8PS-2. The molecule has 12 heteroatoms. The van der Waals surface area contributed by atoms with Crippen molar-refractivity contribution < 1.29 is 38.4 Å². The first-order valence-corrected chi connectivity index (χ1v) is 17.5. The predicted octanol–water partition coefficient (Wildman–Crippen LogP) is 4.25. The van der Waals surface area contributed by atoms with E-state index in [9.17, 15) is 33.8 Å². The first-order valence-electron chi connectivity index (χ1n) is 15.0. The molecule has 0 fully saturated rings. The summed E-state index contributed by atoms with van der Waals surface area (Å²) in [5.41, 5.74) is -1.34. The summed E-state index contributed by atoms with van der Waals surface area (Å²) >= 11 is 1.17. The van der Waals surface area contributed by atoms with Crippen LogP contribution in [0, 0.1) is 5.41 Å². The van der Waals surface area contributed by atoms with Crippen molar-refractivity contribution in [2.45, 2.75) is 97.5 Å². The van der Waals surface area contributed by atoms with Gasteiger partial charge in [0, 0.05) is 37.1 Å². The number of phosphoric acid groups is 1. The fourth-order valence-corrected chi connectivity index (χ4v) is 4.73. The molecule has 0 saturated heterocycles. The first-order chi connectivity index (χ1) is 20.4. The van der Waals surface area contributed by atoms with Gasteiger partial charge in [0.15, 0.2) is 5.12 Å². The van der Waals surface area contributed by atoms with E-state index in [1.807, 2.05) is 0 Å². The van der Waals surface area contributed by atoms with E-state index in [4.69, 9.17) is 0 Å². The highest BCUT2D eigenvalue weighted by molar-refractivity contribution is 8.13. The number of rotatable bonds is 25. The number of phosphoric ester groups is 1. The zero-order valence-electron chi connectivity index (χ0n) is 26.0. The molecule has 0 heterocycles. The quantitative estimate of drug-likeness (QED) is 0.0749. The molecule has 3 N–H and O–H groups in total. The highest BCUT2D eigenvalue weighted by Crippen LogP contribution is 2.31. The van der Waals surface area contributed by atoms with E-state index < -0.39 is 31.9 Å². The second-order valence-corrected chi connectivity index (χ2v) is 13.0. The Labute approximate surface area is 262 Å². The van der Waals surface area contributed by atoms with Crippen LogP contribution in [0.15, 0.2) is 48.6 Å². The van der Waals surface area contributed by atoms with Crippen molar-refractivity contribution in [1.82, 2.24) is 10.6 Å². The molecule has 0 spiro atoms. The smallest absolute Gasteiger partial charge is 0.249 e. The van der Waals surface area contributed by atoms with E-state index in [2.05, 4.69) is 70.7 Å². The Hall–Kier alpha value is -2.01. The molecule has 10 nitrogen and oxygen atoms in total. The van der Waals surface area contributed by atoms with Gasteiger partial charge in [0.25, 0.3) is 0 Å². The van der Waals surface area contributed by atoms with Crippen LogP contribution in [0.5, 0.6) is 0 Å². The minimum Gasteiger partial charge on any atom is -0.790 e. The van der Waals surface area contributed by atoms with Crippen molar-refractivity contribution in [3.8, 4) is 0 Å². The van der Waals surface area contributed by atoms with Gasteiger partial charge in [-0.1, -0.05) is 94.0 Å². The van der Waals surface area contributed by atoms with Crippen molar-refractivity contribution >= 4 is 36.5 Å². The molecule has 0 saturated carbocycles. The van der Waals surface area contributed by atoms with Gasteiger partial charge < -0.3 is 34.6 Å². The normalized spacial score (nSPS) is 13.4. The van der Waals surface area contributed by atoms with Gasteiger partial charge in [0.1, 0.15) is 6.10 Å². The van der Waals surface area contributed by atoms with Gasteiger partial charge in [-0.05, 0) is 44.9 Å². The van der Waals surface area contributed by atoms with E-state index in [0.29, 0.717) is 18.7 Å². The Bertz CT molecular complexity index is 959. The maximum Gasteiger partial charge on any atom is 0.249 e. The fourth-order valence-electron chi connectivity index (χ4n) is 3.52. The van der Waals surface area contributed by atoms with Crippen LogP contribution in [-0.4, -0.2) is 53.6 Å². The Morgan fingerprint density at radius 2 is 1.42 bits per heavy atom. The molecule has 0 aliphatic rings. The summed E-state index contributed by atoms with van der Waals surface area (Å²) in [4.78, 5) is 57.3. The summed E-state index contributed by atoms with van der Waals surface area (Å²) in [6, 6.07) is 0. The number of unbranched alkanes of at least 4 members (excludes halogenated alkanes) is 4. The van der Waals surface area contributed by atoms with Gasteiger partial charge in [-0.2, -0.15) is 0 Å². The van der Waals surface area contributed by atoms with Crippen LogP contribution in [0.25, 0.3) is 0 Å². The van der Waals surface area contributed by atoms with Crippen LogP contribution in [0.4, 0.5) is 0 Å². The molecule has 0 aromatic carbocycles. The molecule has 0 rings (SSSR count). The highest BCUT2D eigenvalue weighted by Gasteiger charge is 2.34. The zero-order valence-corrected chi connectivity index (χ0v) is 27.7. The fraction of sp³-hybridized carbons (Fsp3) is 0.645. The summed E-state index contributed by atoms with van der Waals surface area (Å²) in [6.45, 7) is 4.54. The minimum absolute atomic E-state index is 0.0423. The van der Waals surface area contributed by atoms with Crippen LogP contribution in [0.3, 0.4) is 0 Å². The van der Waals surface area contributed by atoms with Gasteiger partial charge in [-0.25, -0.2) is 0 Å². The number of aliphatic hydroxyl groups excluding tert-OH is 1. The lowest BCUT2D eigenvalue weighted by molar-refractivity contribution is -0.343. The average molecular weight is 643 g/mol. The summed E-state index contributed by atoms with van der Waals surface area (Å²) in [6.07, 6.45) is 25.5. The van der Waals surface area contributed by atoms with Crippen LogP contribution in [-0.2, 0) is 23.5 Å². The number of carbonyl (C=O) groups is 3. The topological polar surface area (TPSA) is 168 Å². The van der Waals surface area contributed by atoms with Crippen LogP contribution in [0.1, 0.15) is 91.4 Å². The third kappa shape index (κ3) is 26.1. The minimum atomic E-state index is -5.23. The molecule has 0 aliphatic carbocycles. The van der Waals surface area contributed by atoms with E-state index in [1.54, 1.807) is 0 Å². The molecule has 0 unspecified atom stereocenters. The second kappa shape index (κ2) is 25.3. The molecule has 0 aliphatic heterocycles. The Balaban J connectivity index is 3.82. The molecule has 246 valence electrons. The number of hydrogen-bond donors (Lipinski definition) is 3. The predicted molar refractivity (Wildman–Crippen MR) is 170 cm³/mol. The lowest BCUT2D eigenvalue weighted by atomic mass is 9.87. The summed E-state index contributed by atoms with van der Waals surface area (Å²) in [5.74, 6) is -0.706.